The van der Waals surface area contributed by atoms with E-state index in [1.165, 1.54) is 0 Å². The lowest BCUT2D eigenvalue weighted by Gasteiger charge is -2.51. The van der Waals surface area contributed by atoms with Crippen molar-refractivity contribution in [2.45, 2.75) is 58.1 Å². The normalized spacial score (nSPS) is 23.0. The number of hydrogen-bond donors (Lipinski definition) is 2. The van der Waals surface area contributed by atoms with Crippen molar-refractivity contribution in [3.05, 3.63) is 0 Å². The van der Waals surface area contributed by atoms with Crippen molar-refractivity contribution in [1.82, 2.24) is 15.1 Å². The highest BCUT2D eigenvalue weighted by Crippen LogP contribution is 2.33. The van der Waals surface area contributed by atoms with Gasteiger partial charge in [-0.15, -0.1) is 0 Å². The molecule has 0 atom stereocenters. The number of amides is 1. The van der Waals surface area contributed by atoms with Gasteiger partial charge in [-0.25, -0.2) is 4.79 Å². The second kappa shape index (κ2) is 7.11. The van der Waals surface area contributed by atoms with Gasteiger partial charge in [0.05, 0.1) is 12.0 Å². The van der Waals surface area contributed by atoms with Gasteiger partial charge >= 0.3 is 12.1 Å². The summed E-state index contributed by atoms with van der Waals surface area (Å²) in [7, 11) is 2.13. The van der Waals surface area contributed by atoms with Crippen LogP contribution in [-0.2, 0) is 9.53 Å². The van der Waals surface area contributed by atoms with E-state index in [0.717, 1.165) is 32.5 Å². The molecule has 7 nitrogen and oxygen atoms in total. The zero-order valence-electron chi connectivity index (χ0n) is 16.2. The number of rotatable bonds is 5. The van der Waals surface area contributed by atoms with E-state index in [9.17, 15) is 14.7 Å². The van der Waals surface area contributed by atoms with Crippen LogP contribution >= 0.6 is 0 Å². The average Bonchev–Trinajstić information content (AvgIpc) is 2.42. The average molecular weight is 355 g/mol. The van der Waals surface area contributed by atoms with Crippen LogP contribution < -0.4 is 5.32 Å². The molecule has 0 unspecified atom stereocenters. The molecular weight excluding hydrogens is 322 g/mol. The first kappa shape index (κ1) is 20.0. The maximum atomic E-state index is 12.1. The van der Waals surface area contributed by atoms with E-state index in [0.29, 0.717) is 13.1 Å². The molecule has 2 rings (SSSR count). The summed E-state index contributed by atoms with van der Waals surface area (Å²) in [5.74, 6) is -0.843. The molecule has 2 saturated heterocycles. The third-order valence-electron chi connectivity index (χ3n) is 5.21. The van der Waals surface area contributed by atoms with Crippen LogP contribution in [0.2, 0.25) is 0 Å². The number of piperidine rings is 1. The van der Waals surface area contributed by atoms with E-state index >= 15 is 0 Å². The van der Waals surface area contributed by atoms with Gasteiger partial charge in [-0.1, -0.05) is 6.92 Å². The van der Waals surface area contributed by atoms with Gasteiger partial charge in [0.25, 0.3) is 0 Å². The van der Waals surface area contributed by atoms with Crippen molar-refractivity contribution in [2.24, 2.45) is 5.41 Å². The predicted octanol–water partition coefficient (Wildman–Crippen LogP) is 1.77. The van der Waals surface area contributed by atoms with Crippen molar-refractivity contribution in [1.29, 1.82) is 0 Å². The molecule has 2 N–H and O–H groups in total. The first-order valence-electron chi connectivity index (χ1n) is 9.05. The van der Waals surface area contributed by atoms with Crippen LogP contribution in [0.4, 0.5) is 4.79 Å². The maximum absolute atomic E-state index is 12.1. The molecule has 0 saturated carbocycles. The van der Waals surface area contributed by atoms with Gasteiger partial charge in [-0.3, -0.25) is 4.79 Å². The standard InChI is InChI=1S/C18H33N3O4/c1-16(2,3)25-15(24)21-12-18(13-21,10-14(22)23)19-11-17(4)6-8-20(5)9-7-17/h19H,6-13H2,1-5H3,(H,22,23). The fraction of sp³-hybridized carbons (Fsp3) is 0.889. The number of hydrogen-bond acceptors (Lipinski definition) is 5. The van der Waals surface area contributed by atoms with Crippen LogP contribution in [0.5, 0.6) is 0 Å². The van der Waals surface area contributed by atoms with E-state index in [2.05, 4.69) is 24.2 Å². The Balaban J connectivity index is 1.92. The quantitative estimate of drug-likeness (QED) is 0.782. The van der Waals surface area contributed by atoms with Gasteiger partial charge in [0, 0.05) is 19.6 Å². The number of nitrogens with one attached hydrogen (secondary N) is 1. The second-order valence-corrected chi connectivity index (χ2v) is 9.15. The van der Waals surface area contributed by atoms with Crippen molar-refractivity contribution in [3.8, 4) is 0 Å². The number of carboxylic acids is 1. The highest BCUT2D eigenvalue weighted by Gasteiger charge is 2.48. The van der Waals surface area contributed by atoms with Crippen molar-refractivity contribution in [2.75, 3.05) is 39.8 Å². The van der Waals surface area contributed by atoms with E-state index in [4.69, 9.17) is 4.74 Å². The zero-order valence-corrected chi connectivity index (χ0v) is 16.2. The molecule has 0 bridgehead atoms. The highest BCUT2D eigenvalue weighted by molar-refractivity contribution is 5.73. The predicted molar refractivity (Wildman–Crippen MR) is 95.6 cm³/mol. The van der Waals surface area contributed by atoms with Gasteiger partial charge in [0.15, 0.2) is 0 Å². The van der Waals surface area contributed by atoms with Gasteiger partial charge in [-0.2, -0.15) is 0 Å². The van der Waals surface area contributed by atoms with Crippen LogP contribution in [0, 0.1) is 5.41 Å². The smallest absolute Gasteiger partial charge is 0.410 e. The molecule has 0 radical (unpaired) electrons. The molecule has 7 heteroatoms. The fourth-order valence-electron chi connectivity index (χ4n) is 3.45. The minimum absolute atomic E-state index is 0.0162. The first-order chi connectivity index (χ1) is 11.4. The minimum atomic E-state index is -0.843. The summed E-state index contributed by atoms with van der Waals surface area (Å²) in [6.07, 6.45) is 1.83. The largest absolute Gasteiger partial charge is 0.481 e. The zero-order chi connectivity index (χ0) is 18.9. The Morgan fingerprint density at radius 2 is 1.76 bits per heavy atom. The molecule has 2 heterocycles. The number of carbonyl (C=O) groups is 2. The van der Waals surface area contributed by atoms with Crippen molar-refractivity contribution >= 4 is 12.1 Å². The Bertz CT molecular complexity index is 501. The Labute approximate surface area is 150 Å². The van der Waals surface area contributed by atoms with Crippen LogP contribution in [0.3, 0.4) is 0 Å². The van der Waals surface area contributed by atoms with Crippen LogP contribution in [0.15, 0.2) is 0 Å². The summed E-state index contributed by atoms with van der Waals surface area (Å²) in [5.41, 5.74) is -0.920. The molecule has 2 fully saturated rings. The Morgan fingerprint density at radius 1 is 1.20 bits per heavy atom. The van der Waals surface area contributed by atoms with Gasteiger partial charge in [0.2, 0.25) is 0 Å². The number of nitrogens with zero attached hydrogens (tertiary/aromatic N) is 2. The Hall–Kier alpha value is -1.34. The summed E-state index contributed by atoms with van der Waals surface area (Å²) in [5, 5.41) is 12.8. The molecule has 2 aliphatic heterocycles. The molecule has 144 valence electrons. The van der Waals surface area contributed by atoms with E-state index in [1.54, 1.807) is 4.90 Å². The Kier molecular flexibility index (Phi) is 5.68. The highest BCUT2D eigenvalue weighted by atomic mass is 16.6. The molecule has 2 aliphatic rings. The summed E-state index contributed by atoms with van der Waals surface area (Å²) in [6, 6.07) is 0. The summed E-state index contributed by atoms with van der Waals surface area (Å²) >= 11 is 0. The number of carbonyl (C=O) groups excluding carboxylic acids is 1. The molecule has 0 aromatic heterocycles. The minimum Gasteiger partial charge on any atom is -0.481 e. The van der Waals surface area contributed by atoms with E-state index in [-0.39, 0.29) is 17.9 Å². The molecule has 0 aliphatic carbocycles. The Morgan fingerprint density at radius 3 is 2.24 bits per heavy atom. The molecule has 1 amide bonds. The maximum Gasteiger partial charge on any atom is 0.410 e. The second-order valence-electron chi connectivity index (χ2n) is 9.15. The lowest BCUT2D eigenvalue weighted by molar-refractivity contribution is -0.141. The third kappa shape index (κ3) is 5.57. The topological polar surface area (TPSA) is 82.1 Å². The molecular formula is C18H33N3O4. The molecule has 0 aromatic rings. The van der Waals surface area contributed by atoms with Crippen LogP contribution in [0.25, 0.3) is 0 Å². The lowest BCUT2D eigenvalue weighted by atomic mass is 9.78. The SMILES string of the molecule is CN1CCC(C)(CNC2(CC(=O)O)CN(C(=O)OC(C)(C)C)C2)CC1. The number of carboxylic acid groups (broad SMARTS) is 1. The van der Waals surface area contributed by atoms with Crippen molar-refractivity contribution < 1.29 is 19.4 Å². The number of likely N-dealkylation sites (tertiary alicyclic amines) is 2. The third-order valence-corrected chi connectivity index (χ3v) is 5.21. The lowest BCUT2D eigenvalue weighted by Crippen LogP contribution is -2.72. The number of aliphatic carboxylic acids is 1. The van der Waals surface area contributed by atoms with Crippen LogP contribution in [0.1, 0.15) is 47.0 Å². The van der Waals surface area contributed by atoms with Gasteiger partial charge in [0.1, 0.15) is 5.60 Å². The monoisotopic (exact) mass is 355 g/mol. The molecule has 0 spiro atoms. The van der Waals surface area contributed by atoms with Crippen molar-refractivity contribution in [3.63, 3.8) is 0 Å². The summed E-state index contributed by atoms with van der Waals surface area (Å²) in [4.78, 5) is 27.4. The molecule has 0 aromatic carbocycles. The van der Waals surface area contributed by atoms with E-state index in [1.807, 2.05) is 20.8 Å². The first-order valence-corrected chi connectivity index (χ1v) is 9.05. The molecule has 25 heavy (non-hydrogen) atoms. The van der Waals surface area contributed by atoms with Gasteiger partial charge in [-0.05, 0) is 59.2 Å². The van der Waals surface area contributed by atoms with E-state index < -0.39 is 17.1 Å². The summed E-state index contributed by atoms with van der Waals surface area (Å²) in [6.45, 7) is 11.4. The fourth-order valence-corrected chi connectivity index (χ4v) is 3.45. The summed E-state index contributed by atoms with van der Waals surface area (Å²) < 4.78 is 5.37. The van der Waals surface area contributed by atoms with Crippen LogP contribution in [-0.4, -0.2) is 77.9 Å². The number of ether oxygens (including phenoxy) is 1. The van der Waals surface area contributed by atoms with Gasteiger partial charge < -0.3 is 25.0 Å².